The molecule has 2 rings (SSSR count). The second-order valence-corrected chi connectivity index (χ2v) is 6.20. The molecule has 1 heterocycles. The van der Waals surface area contributed by atoms with Gasteiger partial charge in [-0.05, 0) is 12.0 Å². The number of piperazine rings is 1. The number of unbranched alkanes of at least 4 members (excludes halogenated alkanes) is 2. The van der Waals surface area contributed by atoms with Gasteiger partial charge in [0.1, 0.15) is 12.6 Å². The number of nitrogens with one attached hydrogen (secondary N) is 1. The van der Waals surface area contributed by atoms with Gasteiger partial charge in [0, 0.05) is 19.5 Å². The number of esters is 1. The van der Waals surface area contributed by atoms with Crippen molar-refractivity contribution in [1.82, 2.24) is 10.2 Å². The Hall–Kier alpha value is -2.37. The molecule has 1 aromatic rings. The lowest BCUT2D eigenvalue weighted by molar-refractivity contribution is -0.152. The average molecular weight is 346 g/mol. The zero-order valence-corrected chi connectivity index (χ0v) is 14.7. The van der Waals surface area contributed by atoms with Gasteiger partial charge in [-0.1, -0.05) is 50.1 Å². The van der Waals surface area contributed by atoms with Crippen LogP contribution in [0, 0.1) is 0 Å². The first-order valence-electron chi connectivity index (χ1n) is 8.88. The van der Waals surface area contributed by atoms with E-state index in [1.54, 1.807) is 0 Å². The van der Waals surface area contributed by atoms with Crippen LogP contribution in [0.25, 0.3) is 0 Å². The van der Waals surface area contributed by atoms with Crippen LogP contribution in [0.5, 0.6) is 0 Å². The number of carbonyl (C=O) groups excluding carboxylic acids is 3. The quantitative estimate of drug-likeness (QED) is 0.577. The highest BCUT2D eigenvalue weighted by molar-refractivity contribution is 5.91. The number of carbonyl (C=O) groups is 3. The minimum atomic E-state index is -0.772. The Morgan fingerprint density at radius 2 is 2.00 bits per heavy atom. The van der Waals surface area contributed by atoms with Gasteiger partial charge in [-0.15, -0.1) is 0 Å². The van der Waals surface area contributed by atoms with E-state index < -0.39 is 12.0 Å². The van der Waals surface area contributed by atoms with E-state index in [9.17, 15) is 14.4 Å². The van der Waals surface area contributed by atoms with Crippen LogP contribution >= 0.6 is 0 Å². The third-order valence-corrected chi connectivity index (χ3v) is 4.25. The Labute approximate surface area is 148 Å². The third-order valence-electron chi connectivity index (χ3n) is 4.25. The lowest BCUT2D eigenvalue weighted by Crippen LogP contribution is -2.57. The molecule has 2 amide bonds. The highest BCUT2D eigenvalue weighted by Crippen LogP contribution is 2.14. The number of rotatable bonds is 8. The standard InChI is InChI=1S/C19H26N2O4/c1-2-3-5-10-17(22)21-12-11-20-19(24)16(21)13-18(23)25-14-15-8-6-4-7-9-15/h4,6-9,16H,2-3,5,10-14H2,1H3,(H,20,24). The SMILES string of the molecule is CCCCCC(=O)N1CCNC(=O)C1CC(=O)OCc1ccccc1. The largest absolute Gasteiger partial charge is 0.461 e. The molecule has 0 bridgehead atoms. The number of amides is 2. The molecule has 1 aliphatic rings. The summed E-state index contributed by atoms with van der Waals surface area (Å²) < 4.78 is 5.25. The molecule has 136 valence electrons. The summed E-state index contributed by atoms with van der Waals surface area (Å²) in [5.41, 5.74) is 0.886. The number of ether oxygens (including phenoxy) is 1. The molecule has 1 aromatic carbocycles. The summed E-state index contributed by atoms with van der Waals surface area (Å²) in [4.78, 5) is 38.2. The molecule has 0 saturated carbocycles. The Morgan fingerprint density at radius 3 is 2.72 bits per heavy atom. The molecule has 0 spiro atoms. The highest BCUT2D eigenvalue weighted by Gasteiger charge is 2.34. The lowest BCUT2D eigenvalue weighted by atomic mass is 10.1. The van der Waals surface area contributed by atoms with E-state index in [1.165, 1.54) is 4.90 Å². The molecule has 1 N–H and O–H groups in total. The Kier molecular flexibility index (Phi) is 7.44. The maximum Gasteiger partial charge on any atom is 0.308 e. The number of hydrogen-bond donors (Lipinski definition) is 1. The number of benzene rings is 1. The van der Waals surface area contributed by atoms with E-state index in [1.807, 2.05) is 30.3 Å². The van der Waals surface area contributed by atoms with Crippen molar-refractivity contribution >= 4 is 17.8 Å². The molecule has 1 atom stereocenters. The maximum atomic E-state index is 12.4. The lowest BCUT2D eigenvalue weighted by Gasteiger charge is -2.34. The summed E-state index contributed by atoms with van der Waals surface area (Å²) in [7, 11) is 0. The summed E-state index contributed by atoms with van der Waals surface area (Å²) in [6.07, 6.45) is 3.12. The van der Waals surface area contributed by atoms with Gasteiger partial charge in [-0.25, -0.2) is 0 Å². The zero-order chi connectivity index (χ0) is 18.1. The van der Waals surface area contributed by atoms with E-state index in [-0.39, 0.29) is 24.8 Å². The van der Waals surface area contributed by atoms with E-state index in [4.69, 9.17) is 4.74 Å². The molecule has 25 heavy (non-hydrogen) atoms. The Balaban J connectivity index is 1.89. The molecule has 6 heteroatoms. The van der Waals surface area contributed by atoms with E-state index >= 15 is 0 Å². The molecule has 1 aliphatic heterocycles. The van der Waals surface area contributed by atoms with Gasteiger partial charge >= 0.3 is 5.97 Å². The Morgan fingerprint density at radius 1 is 1.24 bits per heavy atom. The molecule has 0 radical (unpaired) electrons. The monoisotopic (exact) mass is 346 g/mol. The summed E-state index contributed by atoms with van der Waals surface area (Å²) in [6.45, 7) is 3.10. The fourth-order valence-electron chi connectivity index (χ4n) is 2.84. The minimum absolute atomic E-state index is 0.0656. The summed E-state index contributed by atoms with van der Waals surface area (Å²) in [5.74, 6) is -0.826. The summed E-state index contributed by atoms with van der Waals surface area (Å²) in [6, 6.07) is 8.59. The van der Waals surface area contributed by atoms with Crippen LogP contribution < -0.4 is 5.32 Å². The zero-order valence-electron chi connectivity index (χ0n) is 14.7. The molecular formula is C19H26N2O4. The molecule has 0 aliphatic carbocycles. The van der Waals surface area contributed by atoms with Crippen molar-refractivity contribution in [3.05, 3.63) is 35.9 Å². The van der Waals surface area contributed by atoms with Crippen molar-refractivity contribution in [3.8, 4) is 0 Å². The van der Waals surface area contributed by atoms with Crippen molar-refractivity contribution in [2.45, 2.75) is 51.7 Å². The molecular weight excluding hydrogens is 320 g/mol. The first kappa shape index (κ1) is 19.0. The van der Waals surface area contributed by atoms with Crippen LogP contribution in [0.15, 0.2) is 30.3 Å². The van der Waals surface area contributed by atoms with Gasteiger partial charge in [0.05, 0.1) is 6.42 Å². The number of nitrogens with zero attached hydrogens (tertiary/aromatic N) is 1. The average Bonchev–Trinajstić information content (AvgIpc) is 2.62. The van der Waals surface area contributed by atoms with Crippen molar-refractivity contribution in [2.75, 3.05) is 13.1 Å². The highest BCUT2D eigenvalue weighted by atomic mass is 16.5. The van der Waals surface area contributed by atoms with Crippen molar-refractivity contribution < 1.29 is 19.1 Å². The fraction of sp³-hybridized carbons (Fsp3) is 0.526. The van der Waals surface area contributed by atoms with Crippen molar-refractivity contribution in [1.29, 1.82) is 0 Å². The van der Waals surface area contributed by atoms with Crippen molar-refractivity contribution in [2.24, 2.45) is 0 Å². The summed E-state index contributed by atoms with van der Waals surface area (Å²) >= 11 is 0. The van der Waals surface area contributed by atoms with E-state index in [0.29, 0.717) is 19.5 Å². The molecule has 6 nitrogen and oxygen atoms in total. The first-order chi connectivity index (χ1) is 12.1. The van der Waals surface area contributed by atoms with E-state index in [0.717, 1.165) is 24.8 Å². The second kappa shape index (κ2) is 9.81. The van der Waals surface area contributed by atoms with Crippen molar-refractivity contribution in [3.63, 3.8) is 0 Å². The number of hydrogen-bond acceptors (Lipinski definition) is 4. The second-order valence-electron chi connectivity index (χ2n) is 6.20. The minimum Gasteiger partial charge on any atom is -0.461 e. The van der Waals surface area contributed by atoms with Gasteiger partial charge in [0.15, 0.2) is 0 Å². The van der Waals surface area contributed by atoms with E-state index in [2.05, 4.69) is 12.2 Å². The van der Waals surface area contributed by atoms with Gasteiger partial charge in [0.2, 0.25) is 11.8 Å². The van der Waals surface area contributed by atoms with Crippen LogP contribution in [0.4, 0.5) is 0 Å². The van der Waals surface area contributed by atoms with Crippen LogP contribution in [-0.4, -0.2) is 41.8 Å². The smallest absolute Gasteiger partial charge is 0.308 e. The fourth-order valence-corrected chi connectivity index (χ4v) is 2.84. The van der Waals surface area contributed by atoms with Crippen LogP contribution in [0.1, 0.15) is 44.6 Å². The van der Waals surface area contributed by atoms with Crippen LogP contribution in [-0.2, 0) is 25.7 Å². The van der Waals surface area contributed by atoms with Gasteiger partial charge in [-0.2, -0.15) is 0 Å². The predicted octanol–water partition coefficient (Wildman–Crippen LogP) is 2.03. The topological polar surface area (TPSA) is 75.7 Å². The molecule has 1 saturated heterocycles. The van der Waals surface area contributed by atoms with Crippen LogP contribution in [0.3, 0.4) is 0 Å². The van der Waals surface area contributed by atoms with Gasteiger partial charge in [0.25, 0.3) is 0 Å². The third kappa shape index (κ3) is 5.89. The predicted molar refractivity (Wildman–Crippen MR) is 93.5 cm³/mol. The molecule has 1 unspecified atom stereocenters. The van der Waals surface area contributed by atoms with Crippen LogP contribution in [0.2, 0.25) is 0 Å². The normalized spacial score (nSPS) is 17.1. The first-order valence-corrected chi connectivity index (χ1v) is 8.88. The maximum absolute atomic E-state index is 12.4. The van der Waals surface area contributed by atoms with Gasteiger partial charge < -0.3 is 15.0 Å². The van der Waals surface area contributed by atoms with Gasteiger partial charge in [-0.3, -0.25) is 14.4 Å². The Bertz CT molecular complexity index is 588. The molecule has 0 aromatic heterocycles. The molecule has 1 fully saturated rings. The summed E-state index contributed by atoms with van der Waals surface area (Å²) in [5, 5.41) is 2.72.